The van der Waals surface area contributed by atoms with Crippen molar-refractivity contribution in [3.63, 3.8) is 0 Å². The van der Waals surface area contributed by atoms with Gasteiger partial charge in [-0.3, -0.25) is 4.79 Å². The van der Waals surface area contributed by atoms with Gasteiger partial charge in [-0.2, -0.15) is 0 Å². The Morgan fingerprint density at radius 3 is 2.68 bits per heavy atom. The molecule has 4 aliphatic rings. The number of carbonyl (C=O) groups excluding carboxylic acids is 1. The fourth-order valence-electron chi connectivity index (χ4n) is 6.91. The maximum atomic E-state index is 11.8. The molecular weight excluding hydrogens is 272 g/mol. The van der Waals surface area contributed by atoms with Gasteiger partial charge in [-0.05, 0) is 74.5 Å². The van der Waals surface area contributed by atoms with E-state index in [1.54, 1.807) is 0 Å². The largest absolute Gasteiger partial charge is 0.377 e. The highest BCUT2D eigenvalue weighted by Gasteiger charge is 2.62. The van der Waals surface area contributed by atoms with Gasteiger partial charge in [0.15, 0.2) is 0 Å². The van der Waals surface area contributed by atoms with E-state index < -0.39 is 5.60 Å². The van der Waals surface area contributed by atoms with Gasteiger partial charge in [-0.15, -0.1) is 6.42 Å². The van der Waals surface area contributed by atoms with Crippen LogP contribution >= 0.6 is 0 Å². The molecule has 2 unspecified atom stereocenters. The third-order valence-electron chi connectivity index (χ3n) is 8.16. The van der Waals surface area contributed by atoms with E-state index in [-0.39, 0.29) is 5.41 Å². The molecule has 0 heterocycles. The Bertz CT molecular complexity index is 532. The molecule has 7 atom stereocenters. The van der Waals surface area contributed by atoms with Crippen molar-refractivity contribution in [1.82, 2.24) is 0 Å². The predicted molar refractivity (Wildman–Crippen MR) is 85.9 cm³/mol. The van der Waals surface area contributed by atoms with E-state index in [9.17, 15) is 9.90 Å². The lowest BCUT2D eigenvalue weighted by Crippen LogP contribution is -2.53. The van der Waals surface area contributed by atoms with E-state index in [0.717, 1.165) is 56.3 Å². The Morgan fingerprint density at radius 2 is 1.91 bits per heavy atom. The minimum Gasteiger partial charge on any atom is -0.377 e. The highest BCUT2D eigenvalue weighted by atomic mass is 16.3. The number of rotatable bonds is 0. The van der Waals surface area contributed by atoms with E-state index >= 15 is 0 Å². The van der Waals surface area contributed by atoms with E-state index in [2.05, 4.69) is 12.8 Å². The lowest BCUT2D eigenvalue weighted by molar-refractivity contribution is -0.130. The number of aliphatic hydroxyl groups is 1. The fourth-order valence-corrected chi connectivity index (χ4v) is 6.91. The molecule has 0 aromatic carbocycles. The molecule has 0 bridgehead atoms. The van der Waals surface area contributed by atoms with Gasteiger partial charge in [0, 0.05) is 18.3 Å². The topological polar surface area (TPSA) is 37.3 Å². The van der Waals surface area contributed by atoms with E-state index in [4.69, 9.17) is 6.42 Å². The van der Waals surface area contributed by atoms with Crippen LogP contribution in [0.2, 0.25) is 0 Å². The minimum absolute atomic E-state index is 0.0831. The number of carbonyl (C=O) groups is 1. The first-order chi connectivity index (χ1) is 10.5. The zero-order chi connectivity index (χ0) is 15.5. The normalized spacial score (nSPS) is 54.0. The van der Waals surface area contributed by atoms with Crippen LogP contribution in [0.4, 0.5) is 0 Å². The molecule has 0 saturated heterocycles. The number of hydrogen-bond acceptors (Lipinski definition) is 2. The van der Waals surface area contributed by atoms with Gasteiger partial charge in [0.2, 0.25) is 0 Å². The van der Waals surface area contributed by atoms with Gasteiger partial charge in [0.05, 0.1) is 0 Å². The zero-order valence-electron chi connectivity index (χ0n) is 13.7. The predicted octanol–water partition coefficient (Wildman–Crippen LogP) is 3.57. The molecule has 0 aliphatic heterocycles. The van der Waals surface area contributed by atoms with Gasteiger partial charge in [0.25, 0.3) is 0 Å². The average Bonchev–Trinajstić information content (AvgIpc) is 2.79. The molecule has 1 N–H and O–H groups in total. The molecule has 0 aromatic heterocycles. The zero-order valence-corrected chi connectivity index (χ0v) is 13.7. The van der Waals surface area contributed by atoms with E-state index in [1.807, 2.05) is 0 Å². The Hall–Kier alpha value is -0.810. The lowest BCUT2D eigenvalue weighted by Gasteiger charge is -2.56. The van der Waals surface area contributed by atoms with Crippen LogP contribution in [0.1, 0.15) is 64.7 Å². The van der Waals surface area contributed by atoms with Crippen LogP contribution in [0.5, 0.6) is 0 Å². The second-order valence-electron chi connectivity index (χ2n) is 8.72. The number of hydrogen-bond donors (Lipinski definition) is 1. The van der Waals surface area contributed by atoms with Crippen molar-refractivity contribution in [3.05, 3.63) is 0 Å². The summed E-state index contributed by atoms with van der Waals surface area (Å²) in [6.45, 7) is 2.25. The molecule has 4 saturated carbocycles. The van der Waals surface area contributed by atoms with Crippen LogP contribution in [0.25, 0.3) is 0 Å². The Morgan fingerprint density at radius 1 is 1.09 bits per heavy atom. The van der Waals surface area contributed by atoms with Gasteiger partial charge < -0.3 is 5.11 Å². The van der Waals surface area contributed by atoms with Gasteiger partial charge in [-0.1, -0.05) is 12.8 Å². The Kier molecular flexibility index (Phi) is 3.25. The fraction of sp³-hybridized carbons (Fsp3) is 0.850. The Balaban J connectivity index is 1.61. The van der Waals surface area contributed by atoms with Crippen LogP contribution in [0.15, 0.2) is 0 Å². The summed E-state index contributed by atoms with van der Waals surface area (Å²) in [5, 5.41) is 10.9. The van der Waals surface area contributed by atoms with Crippen LogP contribution in [0, 0.1) is 47.3 Å². The van der Waals surface area contributed by atoms with Gasteiger partial charge >= 0.3 is 0 Å². The number of ketones is 1. The van der Waals surface area contributed by atoms with Crippen LogP contribution in [0.3, 0.4) is 0 Å². The van der Waals surface area contributed by atoms with Crippen molar-refractivity contribution >= 4 is 5.78 Å². The first-order valence-corrected chi connectivity index (χ1v) is 9.20. The maximum Gasteiger partial charge on any atom is 0.133 e. The summed E-state index contributed by atoms with van der Waals surface area (Å²) in [7, 11) is 0. The SMILES string of the molecule is C#C[C@]1(O)CC[C@H]2[C@@H]3CCC4CC(=O)CCC4[C@H]3CC[C@@]21C. The van der Waals surface area contributed by atoms with Crippen LogP contribution in [-0.4, -0.2) is 16.5 Å². The summed E-state index contributed by atoms with van der Waals surface area (Å²) in [5.74, 6) is 6.76. The molecular formula is C20H28O2. The summed E-state index contributed by atoms with van der Waals surface area (Å²) in [6, 6.07) is 0. The van der Waals surface area contributed by atoms with Crippen LogP contribution < -0.4 is 0 Å². The number of terminal acetylenes is 1. The summed E-state index contributed by atoms with van der Waals surface area (Å²) in [4.78, 5) is 11.8. The third kappa shape index (κ3) is 1.81. The molecule has 0 amide bonds. The third-order valence-corrected chi connectivity index (χ3v) is 8.16. The second-order valence-corrected chi connectivity index (χ2v) is 8.72. The number of Topliss-reactive ketones (excluding diaryl/α,β-unsaturated/α-hetero) is 1. The smallest absolute Gasteiger partial charge is 0.133 e. The second kappa shape index (κ2) is 4.84. The number of fused-ring (bicyclic) bond motifs is 5. The standard InChI is InChI=1S/C20H28O2/c1-3-20(22)11-9-18-17-6-4-13-12-14(21)5-7-15(13)16(17)8-10-19(18,20)2/h1,13,15-18,22H,4-12H2,2H3/t13?,15?,16-,17-,18+,19+,20+/m1/s1. The monoisotopic (exact) mass is 300 g/mol. The summed E-state index contributed by atoms with van der Waals surface area (Å²) in [6.07, 6.45) is 15.1. The molecule has 2 heteroatoms. The molecule has 120 valence electrons. The van der Waals surface area contributed by atoms with Crippen molar-refractivity contribution in [3.8, 4) is 12.3 Å². The molecule has 0 spiro atoms. The molecule has 4 rings (SSSR count). The molecule has 2 nitrogen and oxygen atoms in total. The van der Waals surface area contributed by atoms with Crippen molar-refractivity contribution in [2.75, 3.05) is 0 Å². The lowest BCUT2D eigenvalue weighted by atomic mass is 9.49. The molecule has 0 radical (unpaired) electrons. The Labute approximate surface area is 134 Å². The highest BCUT2D eigenvalue weighted by molar-refractivity contribution is 5.79. The highest BCUT2D eigenvalue weighted by Crippen LogP contribution is 2.65. The summed E-state index contributed by atoms with van der Waals surface area (Å²) in [5.41, 5.74) is -0.970. The first-order valence-electron chi connectivity index (χ1n) is 9.20. The molecule has 0 aromatic rings. The van der Waals surface area contributed by atoms with Crippen molar-refractivity contribution < 1.29 is 9.90 Å². The molecule has 4 fully saturated rings. The van der Waals surface area contributed by atoms with Gasteiger partial charge in [-0.25, -0.2) is 0 Å². The first kappa shape index (κ1) is 14.8. The van der Waals surface area contributed by atoms with Crippen molar-refractivity contribution in [2.24, 2.45) is 35.0 Å². The quantitative estimate of drug-likeness (QED) is 0.694. The summed E-state index contributed by atoms with van der Waals surface area (Å²) >= 11 is 0. The molecule has 4 aliphatic carbocycles. The van der Waals surface area contributed by atoms with E-state index in [1.165, 1.54) is 19.3 Å². The maximum absolute atomic E-state index is 11.8. The van der Waals surface area contributed by atoms with Crippen LogP contribution in [-0.2, 0) is 4.79 Å². The molecule has 22 heavy (non-hydrogen) atoms. The van der Waals surface area contributed by atoms with Crippen molar-refractivity contribution in [1.29, 1.82) is 0 Å². The van der Waals surface area contributed by atoms with Crippen molar-refractivity contribution in [2.45, 2.75) is 70.3 Å². The average molecular weight is 300 g/mol. The minimum atomic E-state index is -0.887. The summed E-state index contributed by atoms with van der Waals surface area (Å²) < 4.78 is 0. The van der Waals surface area contributed by atoms with E-state index in [0.29, 0.717) is 17.6 Å². The van der Waals surface area contributed by atoms with Gasteiger partial charge in [0.1, 0.15) is 11.4 Å².